The highest BCUT2D eigenvalue weighted by atomic mass is 15.2. The summed E-state index contributed by atoms with van der Waals surface area (Å²) in [4.78, 5) is 5.29. The Morgan fingerprint density at radius 3 is 0.873 bits per heavy atom. The van der Waals surface area contributed by atoms with Crippen LogP contribution in [0.15, 0.2) is 261 Å². The molecular formula is C114H124BN3. The second-order valence-electron chi connectivity index (χ2n) is 43.4. The molecule has 14 aromatic rings. The van der Waals surface area contributed by atoms with Gasteiger partial charge in [-0.1, -0.05) is 405 Å². The van der Waals surface area contributed by atoms with Gasteiger partial charge >= 0.3 is 0 Å². The zero-order valence-corrected chi connectivity index (χ0v) is 75.4. The maximum atomic E-state index is 10.5. The molecule has 0 saturated heterocycles. The molecule has 2 aliphatic heterocycles. The fourth-order valence-electron chi connectivity index (χ4n) is 17.9. The minimum absolute atomic E-state index is 0.0692. The molecule has 0 aliphatic carbocycles. The van der Waals surface area contributed by atoms with Gasteiger partial charge in [0, 0.05) is 55.8 Å². The van der Waals surface area contributed by atoms with Crippen LogP contribution in [0.4, 0.5) is 34.1 Å². The highest BCUT2D eigenvalue weighted by Crippen LogP contribution is 2.56. The number of hydrogen-bond acceptors (Lipinski definition) is 2. The monoisotopic (exact) mass is 1550 g/mol. The maximum absolute atomic E-state index is 10.5. The Morgan fingerprint density at radius 1 is 0.237 bits per heavy atom. The number of hydrogen-bond donors (Lipinski definition) is 0. The van der Waals surface area contributed by atoms with E-state index in [2.05, 4.69) is 438 Å². The molecule has 598 valence electrons. The topological polar surface area (TPSA) is 11.4 Å². The SMILES string of the molecule is [2H]c1c([2H])c([2H])c2c(c1[2H])c1cc(C(C)(C)C)ccc1n2-c1cc2c3c(c1)N(c1c(-c4cccc(C(C)(C)C)c4)cccc1-c1cccc(C(C)(C)C)c1)c1ccc(-c4cc(C(C)(C)C)cc(C(C)(C)C)c4)cc1B3c1cc(-c3cc(C(C)(C)C)cc(C(C)(C)C)c3)ccc1N2c1c(-c2cccc(C(C)(C)C)c2)cccc1-c1cccc(C(C)(C)C)c1. The van der Waals surface area contributed by atoms with Crippen LogP contribution in [0.2, 0.25) is 0 Å². The van der Waals surface area contributed by atoms with Crippen LogP contribution >= 0.6 is 0 Å². The molecule has 0 unspecified atom stereocenters. The first kappa shape index (κ1) is 76.0. The van der Waals surface area contributed by atoms with Crippen LogP contribution in [0.3, 0.4) is 0 Å². The molecule has 0 N–H and O–H groups in total. The molecule has 3 heterocycles. The van der Waals surface area contributed by atoms with Gasteiger partial charge in [-0.2, -0.15) is 0 Å². The predicted molar refractivity (Wildman–Crippen MR) is 516 cm³/mol. The van der Waals surface area contributed by atoms with E-state index in [1.807, 2.05) is 0 Å². The highest BCUT2D eigenvalue weighted by molar-refractivity contribution is 7.00. The van der Waals surface area contributed by atoms with Gasteiger partial charge in [-0.05, 0) is 202 Å². The third-order valence-corrected chi connectivity index (χ3v) is 25.2. The van der Waals surface area contributed by atoms with Crippen LogP contribution in [-0.2, 0) is 48.7 Å². The Kier molecular flexibility index (Phi) is 18.4. The molecule has 0 spiro atoms. The Morgan fingerprint density at radius 2 is 0.542 bits per heavy atom. The zero-order chi connectivity index (χ0) is 87.9. The van der Waals surface area contributed by atoms with Crippen LogP contribution < -0.4 is 26.2 Å². The lowest BCUT2D eigenvalue weighted by Gasteiger charge is -2.46. The Labute approximate surface area is 713 Å². The molecule has 2 aliphatic rings. The molecule has 0 saturated carbocycles. The summed E-state index contributed by atoms with van der Waals surface area (Å²) in [6, 6.07) is 91.1. The summed E-state index contributed by atoms with van der Waals surface area (Å²) in [5.41, 5.74) is 33.8. The Balaban J connectivity index is 1.18. The van der Waals surface area contributed by atoms with Gasteiger partial charge in [0.1, 0.15) is 0 Å². The molecule has 118 heavy (non-hydrogen) atoms. The number of nitrogens with zero attached hydrogens (tertiary/aromatic N) is 3. The van der Waals surface area contributed by atoms with E-state index >= 15 is 0 Å². The minimum atomic E-state index is -0.454. The van der Waals surface area contributed by atoms with Crippen molar-refractivity contribution < 1.29 is 5.48 Å². The first-order valence-electron chi connectivity index (χ1n) is 45.0. The van der Waals surface area contributed by atoms with E-state index in [0.717, 1.165) is 139 Å². The van der Waals surface area contributed by atoms with Crippen molar-refractivity contribution in [3.8, 4) is 72.4 Å². The molecule has 0 radical (unpaired) electrons. The van der Waals surface area contributed by atoms with Crippen molar-refractivity contribution in [3.63, 3.8) is 0 Å². The number of rotatable bonds is 9. The minimum Gasteiger partial charge on any atom is -0.310 e. The van der Waals surface area contributed by atoms with Crippen LogP contribution in [0.1, 0.15) is 242 Å². The van der Waals surface area contributed by atoms with E-state index in [1.54, 1.807) is 0 Å². The quantitative estimate of drug-likeness (QED) is 0.133. The van der Waals surface area contributed by atoms with E-state index in [0.29, 0.717) is 10.9 Å². The van der Waals surface area contributed by atoms with Gasteiger partial charge in [-0.3, -0.25) is 0 Å². The van der Waals surface area contributed by atoms with Crippen molar-refractivity contribution in [1.29, 1.82) is 0 Å². The normalized spacial score (nSPS) is 14.1. The molecule has 0 bridgehead atoms. The number of para-hydroxylation sites is 3. The molecule has 13 aromatic carbocycles. The number of anilines is 6. The summed E-state index contributed by atoms with van der Waals surface area (Å²) in [6.07, 6.45) is 0. The molecule has 16 rings (SSSR count). The Hall–Kier alpha value is -10.7. The van der Waals surface area contributed by atoms with E-state index in [-0.39, 0.29) is 72.9 Å². The van der Waals surface area contributed by atoms with Gasteiger partial charge in [-0.25, -0.2) is 0 Å². The van der Waals surface area contributed by atoms with E-state index in [4.69, 9.17) is 0 Å². The average Bonchev–Trinajstić information content (AvgIpc) is 1.09. The maximum Gasteiger partial charge on any atom is 0.252 e. The molecule has 1 aromatic heterocycles. The standard InChI is InChI=1S/C114H124BN3/c1-106(2,3)79-40-30-36-73(56-79)89-45-34-46-90(74-37-31-41-80(57-74)107(4,5)6)104(89)117-99-53-50-71(77-60-84(111(16,17)18)66-85(61-77)112(19,20)21)64-95(99)115-96-65-72(78-62-86(113(22,23)24)67-87(63-78)114(25,26)27)51-54-100(96)118(102-70-88(69-101(117)103(102)115)116-97-49-29-28-44-93(97)94-68-83(110(13,14)15)52-55-98(94)116)105-91(75-38-32-42-81(58-75)108(7,8)9)47-35-48-92(105)76-39-33-43-82(59-76)109(10,11)12/h28-70H,1-27H3/i28D,29D,44D,49D. The van der Waals surface area contributed by atoms with Crippen molar-refractivity contribution in [2.45, 2.75) is 236 Å². The van der Waals surface area contributed by atoms with Gasteiger partial charge in [0.25, 0.3) is 6.71 Å². The summed E-state index contributed by atoms with van der Waals surface area (Å²) in [5, 5.41) is 1.25. The van der Waals surface area contributed by atoms with E-state index in [1.165, 1.54) is 44.5 Å². The van der Waals surface area contributed by atoms with E-state index < -0.39 is 6.71 Å². The van der Waals surface area contributed by atoms with Gasteiger partial charge in [0.15, 0.2) is 0 Å². The molecule has 4 heteroatoms. The summed E-state index contributed by atoms with van der Waals surface area (Å²) in [5.74, 6) is 0. The van der Waals surface area contributed by atoms with E-state index in [9.17, 15) is 5.48 Å². The lowest BCUT2D eigenvalue weighted by molar-refractivity contribution is 0.568. The fraction of sp³-hybridized carbons (Fsp3) is 0.316. The van der Waals surface area contributed by atoms with Crippen molar-refractivity contribution in [2.75, 3.05) is 9.80 Å². The van der Waals surface area contributed by atoms with Crippen LogP contribution in [0.25, 0.3) is 94.3 Å². The highest BCUT2D eigenvalue weighted by Gasteiger charge is 2.47. The second kappa shape index (κ2) is 28.5. The second-order valence-corrected chi connectivity index (χ2v) is 43.4. The first-order chi connectivity index (χ1) is 56.8. The molecule has 0 atom stereocenters. The van der Waals surface area contributed by atoms with Crippen LogP contribution in [0.5, 0.6) is 0 Å². The number of aromatic nitrogens is 1. The van der Waals surface area contributed by atoms with Gasteiger partial charge in [0.05, 0.1) is 33.6 Å². The summed E-state index contributed by atoms with van der Waals surface area (Å²) in [6.45, 7) is 62.0. The molecule has 0 fully saturated rings. The smallest absolute Gasteiger partial charge is 0.252 e. The third-order valence-electron chi connectivity index (χ3n) is 25.2. The van der Waals surface area contributed by atoms with Gasteiger partial charge in [-0.15, -0.1) is 0 Å². The molecule has 3 nitrogen and oxygen atoms in total. The van der Waals surface area contributed by atoms with Gasteiger partial charge < -0.3 is 14.4 Å². The van der Waals surface area contributed by atoms with Crippen molar-refractivity contribution >= 4 is 79.0 Å². The van der Waals surface area contributed by atoms with Crippen LogP contribution in [-0.4, -0.2) is 11.3 Å². The van der Waals surface area contributed by atoms with Crippen molar-refractivity contribution in [3.05, 3.63) is 311 Å². The summed E-state index contributed by atoms with van der Waals surface area (Å²) >= 11 is 0. The summed E-state index contributed by atoms with van der Waals surface area (Å²) in [7, 11) is 0. The van der Waals surface area contributed by atoms with Crippen LogP contribution in [0, 0.1) is 0 Å². The third kappa shape index (κ3) is 14.9. The number of benzene rings is 13. The van der Waals surface area contributed by atoms with Crippen molar-refractivity contribution in [1.82, 2.24) is 4.57 Å². The van der Waals surface area contributed by atoms with Gasteiger partial charge in [0.2, 0.25) is 0 Å². The zero-order valence-electron chi connectivity index (χ0n) is 79.4. The average molecular weight is 1550 g/mol. The number of fused-ring (bicyclic) bond motifs is 7. The predicted octanol–water partition coefficient (Wildman–Crippen LogP) is 30.5. The summed E-state index contributed by atoms with van der Waals surface area (Å²) < 4.78 is 42.2. The lowest BCUT2D eigenvalue weighted by atomic mass is 9.33. The first-order valence-corrected chi connectivity index (χ1v) is 43.0. The molecular weight excluding hydrogens is 1420 g/mol. The van der Waals surface area contributed by atoms with Crippen molar-refractivity contribution in [2.24, 2.45) is 0 Å². The Bertz CT molecular complexity index is 6050. The molecule has 0 amide bonds. The fourth-order valence-corrected chi connectivity index (χ4v) is 17.9. The lowest BCUT2D eigenvalue weighted by Crippen LogP contribution is -2.61. The largest absolute Gasteiger partial charge is 0.310 e.